The summed E-state index contributed by atoms with van der Waals surface area (Å²) in [7, 11) is 2.04. The fourth-order valence-electron chi connectivity index (χ4n) is 3.01. The highest BCUT2D eigenvalue weighted by Gasteiger charge is 2.22. The van der Waals surface area contributed by atoms with Gasteiger partial charge in [-0.05, 0) is 43.6 Å². The zero-order chi connectivity index (χ0) is 13.2. The monoisotopic (exact) mass is 258 g/mol. The summed E-state index contributed by atoms with van der Waals surface area (Å²) in [6, 6.07) is 5.03. The van der Waals surface area contributed by atoms with Crippen LogP contribution >= 0.6 is 0 Å². The van der Waals surface area contributed by atoms with Crippen molar-refractivity contribution in [2.75, 3.05) is 20.1 Å². The third kappa shape index (κ3) is 2.40. The molecule has 2 N–H and O–H groups in total. The maximum absolute atomic E-state index is 5.83. The van der Waals surface area contributed by atoms with Gasteiger partial charge in [0.25, 0.3) is 0 Å². The summed E-state index contributed by atoms with van der Waals surface area (Å²) in [6.07, 6.45) is 6.07. The van der Waals surface area contributed by atoms with Gasteiger partial charge in [-0.1, -0.05) is 19.1 Å². The number of ether oxygens (including phenoxy) is 1. The Morgan fingerprint density at radius 3 is 3.11 bits per heavy atom. The fourth-order valence-corrected chi connectivity index (χ4v) is 3.01. The van der Waals surface area contributed by atoms with E-state index < -0.39 is 0 Å². The molecule has 3 nitrogen and oxygen atoms in total. The lowest BCUT2D eigenvalue weighted by molar-refractivity contribution is 0.440. The van der Waals surface area contributed by atoms with Crippen LogP contribution in [0.5, 0.6) is 5.75 Å². The van der Waals surface area contributed by atoms with Crippen LogP contribution in [0.3, 0.4) is 0 Å². The third-order valence-electron chi connectivity index (χ3n) is 4.25. The van der Waals surface area contributed by atoms with Crippen molar-refractivity contribution in [3.05, 3.63) is 41.2 Å². The van der Waals surface area contributed by atoms with Gasteiger partial charge in [0.1, 0.15) is 5.75 Å². The molecular weight excluding hydrogens is 236 g/mol. The molecule has 3 rings (SSSR count). The second-order valence-corrected chi connectivity index (χ2v) is 5.50. The topological polar surface area (TPSA) is 33.3 Å². The molecule has 2 heterocycles. The van der Waals surface area contributed by atoms with Crippen LogP contribution in [0.1, 0.15) is 29.5 Å². The van der Waals surface area contributed by atoms with E-state index >= 15 is 0 Å². The van der Waals surface area contributed by atoms with Crippen LogP contribution in [0.25, 0.3) is 0 Å². The van der Waals surface area contributed by atoms with Crippen molar-refractivity contribution in [2.45, 2.75) is 31.7 Å². The van der Waals surface area contributed by atoms with E-state index in [1.165, 1.54) is 16.7 Å². The summed E-state index contributed by atoms with van der Waals surface area (Å²) in [5.41, 5.74) is 4.14. The second kappa shape index (κ2) is 5.35. The zero-order valence-corrected chi connectivity index (χ0v) is 11.7. The predicted octanol–water partition coefficient (Wildman–Crippen LogP) is 1.97. The minimum Gasteiger partial charge on any atom is -0.465 e. The van der Waals surface area contributed by atoms with Gasteiger partial charge in [0.2, 0.25) is 0 Å². The van der Waals surface area contributed by atoms with Crippen LogP contribution in [0.2, 0.25) is 0 Å². The van der Waals surface area contributed by atoms with Crippen LogP contribution < -0.4 is 15.4 Å². The highest BCUT2D eigenvalue weighted by Crippen LogP contribution is 2.37. The second-order valence-electron chi connectivity index (χ2n) is 5.50. The summed E-state index contributed by atoms with van der Waals surface area (Å²) in [5, 5.41) is 6.90. The van der Waals surface area contributed by atoms with Crippen LogP contribution in [0, 0.1) is 0 Å². The molecule has 0 fully saturated rings. The largest absolute Gasteiger partial charge is 0.465 e. The van der Waals surface area contributed by atoms with Gasteiger partial charge in [-0.2, -0.15) is 0 Å². The normalized spacial score (nSPS) is 25.8. The zero-order valence-electron chi connectivity index (χ0n) is 11.7. The van der Waals surface area contributed by atoms with E-state index in [-0.39, 0.29) is 0 Å². The molecule has 0 spiro atoms. The van der Waals surface area contributed by atoms with Crippen LogP contribution in [-0.2, 0) is 12.8 Å². The van der Waals surface area contributed by atoms with Crippen LogP contribution in [0.15, 0.2) is 24.5 Å². The molecule has 0 radical (unpaired) electrons. The number of hydrogen-bond donors (Lipinski definition) is 2. The van der Waals surface area contributed by atoms with Crippen molar-refractivity contribution in [1.82, 2.24) is 10.6 Å². The highest BCUT2D eigenvalue weighted by atomic mass is 16.5. The van der Waals surface area contributed by atoms with E-state index in [0.29, 0.717) is 12.0 Å². The molecular formula is C16H22N2O. The lowest BCUT2D eigenvalue weighted by atomic mass is 9.89. The fraction of sp³-hybridized carbons (Fsp3) is 0.500. The molecule has 102 valence electrons. The Hall–Kier alpha value is -1.32. The van der Waals surface area contributed by atoms with Gasteiger partial charge in [0.05, 0.1) is 6.26 Å². The quantitative estimate of drug-likeness (QED) is 0.808. The molecule has 2 aliphatic heterocycles. The first-order valence-corrected chi connectivity index (χ1v) is 7.15. The molecule has 1 aromatic carbocycles. The number of fused-ring (bicyclic) bond motifs is 3. The Balaban J connectivity index is 2.02. The van der Waals surface area contributed by atoms with Gasteiger partial charge in [-0.3, -0.25) is 0 Å². The van der Waals surface area contributed by atoms with Crippen LogP contribution in [-0.4, -0.2) is 26.2 Å². The molecule has 19 heavy (non-hydrogen) atoms. The van der Waals surface area contributed by atoms with Gasteiger partial charge in [-0.15, -0.1) is 0 Å². The number of benzene rings is 1. The standard InChI is InChI=1S/C16H22N2O/c1-11-6-8-19-16-14(11)4-3-12-9-13(17-2)10-18-7-5-15(12)16/h3-4,6,8,11,13,17-18H,5,7,9-10H2,1-2H3. The number of likely N-dealkylation sites (N-methyl/N-ethyl adjacent to an activating group) is 1. The van der Waals surface area contributed by atoms with E-state index in [4.69, 9.17) is 4.74 Å². The number of hydrogen-bond acceptors (Lipinski definition) is 3. The first-order valence-electron chi connectivity index (χ1n) is 7.15. The summed E-state index contributed by atoms with van der Waals surface area (Å²) in [6.45, 7) is 4.27. The molecule has 0 amide bonds. The molecule has 2 aliphatic rings. The lowest BCUT2D eigenvalue weighted by Crippen LogP contribution is -2.40. The Morgan fingerprint density at radius 2 is 2.26 bits per heavy atom. The summed E-state index contributed by atoms with van der Waals surface area (Å²) in [5.74, 6) is 1.55. The maximum atomic E-state index is 5.83. The van der Waals surface area contributed by atoms with Gasteiger partial charge < -0.3 is 15.4 Å². The molecule has 1 aromatic rings. The van der Waals surface area contributed by atoms with E-state index in [1.807, 2.05) is 13.3 Å². The Morgan fingerprint density at radius 1 is 1.37 bits per heavy atom. The van der Waals surface area contributed by atoms with Gasteiger partial charge >= 0.3 is 0 Å². The maximum Gasteiger partial charge on any atom is 0.133 e. The van der Waals surface area contributed by atoms with E-state index in [2.05, 4.69) is 35.8 Å². The first-order chi connectivity index (χ1) is 9.29. The van der Waals surface area contributed by atoms with Crippen LogP contribution in [0.4, 0.5) is 0 Å². The predicted molar refractivity (Wildman–Crippen MR) is 77.8 cm³/mol. The highest BCUT2D eigenvalue weighted by molar-refractivity contribution is 5.51. The average molecular weight is 258 g/mol. The Labute approximate surface area is 115 Å². The van der Waals surface area contributed by atoms with E-state index in [1.54, 1.807) is 0 Å². The Kier molecular flexibility index (Phi) is 3.58. The average Bonchev–Trinajstić information content (AvgIpc) is 2.39. The van der Waals surface area contributed by atoms with Crippen molar-refractivity contribution >= 4 is 0 Å². The molecule has 3 heteroatoms. The number of nitrogens with one attached hydrogen (secondary N) is 2. The van der Waals surface area contributed by atoms with Crippen molar-refractivity contribution in [2.24, 2.45) is 0 Å². The van der Waals surface area contributed by atoms with Crippen molar-refractivity contribution < 1.29 is 4.74 Å². The van der Waals surface area contributed by atoms with Gasteiger partial charge in [0.15, 0.2) is 0 Å². The van der Waals surface area contributed by atoms with Crippen molar-refractivity contribution in [1.29, 1.82) is 0 Å². The van der Waals surface area contributed by atoms with Gasteiger partial charge in [-0.25, -0.2) is 0 Å². The molecule has 0 saturated heterocycles. The summed E-state index contributed by atoms with van der Waals surface area (Å²) in [4.78, 5) is 0. The summed E-state index contributed by atoms with van der Waals surface area (Å²) >= 11 is 0. The SMILES string of the molecule is CNC1CNCCc2c(ccc3c2OC=CC3C)C1. The molecule has 2 unspecified atom stereocenters. The molecule has 0 saturated carbocycles. The number of allylic oxidation sites excluding steroid dienone is 1. The lowest BCUT2D eigenvalue weighted by Gasteiger charge is -2.27. The smallest absolute Gasteiger partial charge is 0.133 e. The molecule has 0 bridgehead atoms. The van der Waals surface area contributed by atoms with Crippen molar-refractivity contribution in [3.63, 3.8) is 0 Å². The van der Waals surface area contributed by atoms with E-state index in [0.717, 1.165) is 31.7 Å². The molecule has 2 atom stereocenters. The molecule has 0 aromatic heterocycles. The van der Waals surface area contributed by atoms with E-state index in [9.17, 15) is 0 Å². The van der Waals surface area contributed by atoms with Crippen molar-refractivity contribution in [3.8, 4) is 5.75 Å². The molecule has 0 aliphatic carbocycles. The first kappa shape index (κ1) is 12.7. The third-order valence-corrected chi connectivity index (χ3v) is 4.25. The number of rotatable bonds is 1. The Bertz CT molecular complexity index is 496. The minimum atomic E-state index is 0.451. The van der Waals surface area contributed by atoms with Gasteiger partial charge in [0, 0.05) is 24.1 Å². The summed E-state index contributed by atoms with van der Waals surface area (Å²) < 4.78 is 5.83. The minimum absolute atomic E-state index is 0.451.